The van der Waals surface area contributed by atoms with Crippen molar-refractivity contribution in [1.82, 2.24) is 9.80 Å². The highest BCUT2D eigenvalue weighted by atomic mass is 16.5. The Morgan fingerprint density at radius 2 is 1.68 bits per heavy atom. The van der Waals surface area contributed by atoms with Crippen LogP contribution in [0.15, 0.2) is 54.6 Å². The second-order valence-electron chi connectivity index (χ2n) is 7.44. The Morgan fingerprint density at radius 3 is 2.32 bits per heavy atom. The van der Waals surface area contributed by atoms with Crippen LogP contribution in [0.2, 0.25) is 0 Å². The minimum absolute atomic E-state index is 0.0178. The van der Waals surface area contributed by atoms with Crippen molar-refractivity contribution in [3.63, 3.8) is 0 Å². The number of carbonyl (C=O) groups is 2. The molecule has 1 aliphatic rings. The minimum atomic E-state index is -0.0240. The average Bonchev–Trinajstić information content (AvgIpc) is 2.73. The molecule has 0 aliphatic carbocycles. The molecule has 1 fully saturated rings. The highest BCUT2D eigenvalue weighted by Gasteiger charge is 2.29. The van der Waals surface area contributed by atoms with Crippen LogP contribution in [0.25, 0.3) is 0 Å². The average molecular weight is 380 g/mol. The smallest absolute Gasteiger partial charge is 0.260 e. The molecule has 2 amide bonds. The summed E-state index contributed by atoms with van der Waals surface area (Å²) in [6.07, 6.45) is 1.41. The standard InChI is InChI=1S/C23H28N2O3/c1-18-8-10-21(11-9-18)28-17-22(26)25-14-12-20(13-15-25)23(27)24(2)16-19-6-4-3-5-7-19/h3-11,20H,12-17H2,1-2H3. The van der Waals surface area contributed by atoms with Crippen LogP contribution in [0, 0.1) is 12.8 Å². The number of nitrogens with zero attached hydrogens (tertiary/aromatic N) is 2. The van der Waals surface area contributed by atoms with E-state index < -0.39 is 0 Å². The van der Waals surface area contributed by atoms with E-state index in [0.29, 0.717) is 38.2 Å². The van der Waals surface area contributed by atoms with Gasteiger partial charge in [0.2, 0.25) is 5.91 Å². The van der Waals surface area contributed by atoms with Crippen molar-refractivity contribution in [1.29, 1.82) is 0 Å². The molecule has 28 heavy (non-hydrogen) atoms. The van der Waals surface area contributed by atoms with Crippen molar-refractivity contribution in [3.05, 3.63) is 65.7 Å². The summed E-state index contributed by atoms with van der Waals surface area (Å²) >= 11 is 0. The van der Waals surface area contributed by atoms with Gasteiger partial charge in [-0.25, -0.2) is 0 Å². The largest absolute Gasteiger partial charge is 0.484 e. The van der Waals surface area contributed by atoms with Crippen molar-refractivity contribution in [2.24, 2.45) is 5.92 Å². The molecule has 0 atom stereocenters. The first-order valence-electron chi connectivity index (χ1n) is 9.79. The van der Waals surface area contributed by atoms with Crippen molar-refractivity contribution in [3.8, 4) is 5.75 Å². The van der Waals surface area contributed by atoms with Gasteiger partial charge in [0.15, 0.2) is 6.61 Å². The lowest BCUT2D eigenvalue weighted by Gasteiger charge is -2.33. The van der Waals surface area contributed by atoms with E-state index in [1.807, 2.05) is 68.6 Å². The second kappa shape index (κ2) is 9.40. The fraction of sp³-hybridized carbons (Fsp3) is 0.391. The first-order chi connectivity index (χ1) is 13.5. The number of hydrogen-bond donors (Lipinski definition) is 0. The van der Waals surface area contributed by atoms with Crippen molar-refractivity contribution in [2.75, 3.05) is 26.7 Å². The Balaban J connectivity index is 1.43. The van der Waals surface area contributed by atoms with Gasteiger partial charge < -0.3 is 14.5 Å². The van der Waals surface area contributed by atoms with Gasteiger partial charge in [0.05, 0.1) is 0 Å². The molecule has 1 saturated heterocycles. The molecular weight excluding hydrogens is 352 g/mol. The third kappa shape index (κ3) is 5.35. The molecule has 2 aromatic carbocycles. The summed E-state index contributed by atoms with van der Waals surface area (Å²) in [7, 11) is 1.85. The molecule has 0 radical (unpaired) electrons. The number of piperidine rings is 1. The summed E-state index contributed by atoms with van der Waals surface area (Å²) < 4.78 is 5.59. The normalized spacial score (nSPS) is 14.6. The predicted molar refractivity (Wildman–Crippen MR) is 109 cm³/mol. The number of carbonyl (C=O) groups excluding carboxylic acids is 2. The summed E-state index contributed by atoms with van der Waals surface area (Å²) in [6.45, 7) is 3.87. The monoisotopic (exact) mass is 380 g/mol. The fourth-order valence-electron chi connectivity index (χ4n) is 3.49. The molecule has 3 rings (SSSR count). The molecule has 1 aliphatic heterocycles. The van der Waals surface area contributed by atoms with Gasteiger partial charge in [0.25, 0.3) is 5.91 Å². The zero-order chi connectivity index (χ0) is 19.9. The van der Waals surface area contributed by atoms with Gasteiger partial charge in [0, 0.05) is 32.6 Å². The lowest BCUT2D eigenvalue weighted by Crippen LogP contribution is -2.44. The Labute approximate surface area is 166 Å². The lowest BCUT2D eigenvalue weighted by atomic mass is 9.95. The number of rotatable bonds is 6. The maximum atomic E-state index is 12.7. The van der Waals surface area contributed by atoms with Crippen LogP contribution in [-0.2, 0) is 16.1 Å². The van der Waals surface area contributed by atoms with Crippen molar-refractivity contribution >= 4 is 11.8 Å². The summed E-state index contributed by atoms with van der Waals surface area (Å²) in [5.74, 6) is 0.818. The van der Waals surface area contributed by atoms with Gasteiger partial charge in [-0.05, 0) is 37.5 Å². The van der Waals surface area contributed by atoms with Crippen LogP contribution >= 0.6 is 0 Å². The predicted octanol–water partition coefficient (Wildman–Crippen LogP) is 3.27. The number of aryl methyl sites for hydroxylation is 1. The highest BCUT2D eigenvalue weighted by Crippen LogP contribution is 2.21. The van der Waals surface area contributed by atoms with Gasteiger partial charge in [-0.2, -0.15) is 0 Å². The van der Waals surface area contributed by atoms with E-state index in [4.69, 9.17) is 4.74 Å². The van der Waals surface area contributed by atoms with E-state index in [-0.39, 0.29) is 24.3 Å². The van der Waals surface area contributed by atoms with Crippen molar-refractivity contribution < 1.29 is 14.3 Å². The zero-order valence-electron chi connectivity index (χ0n) is 16.6. The first-order valence-corrected chi connectivity index (χ1v) is 9.79. The maximum absolute atomic E-state index is 12.7. The number of benzene rings is 2. The molecule has 0 aromatic heterocycles. The second-order valence-corrected chi connectivity index (χ2v) is 7.44. The fourth-order valence-corrected chi connectivity index (χ4v) is 3.49. The van der Waals surface area contributed by atoms with Gasteiger partial charge >= 0.3 is 0 Å². The summed E-state index contributed by atoms with van der Waals surface area (Å²) in [6, 6.07) is 17.7. The van der Waals surface area contributed by atoms with E-state index in [1.165, 1.54) is 0 Å². The molecule has 5 heteroatoms. The summed E-state index contributed by atoms with van der Waals surface area (Å²) in [5, 5.41) is 0. The van der Waals surface area contributed by atoms with Crippen LogP contribution in [-0.4, -0.2) is 48.4 Å². The van der Waals surface area contributed by atoms with Gasteiger partial charge in [-0.15, -0.1) is 0 Å². The van der Waals surface area contributed by atoms with E-state index in [2.05, 4.69) is 0 Å². The maximum Gasteiger partial charge on any atom is 0.260 e. The van der Waals surface area contributed by atoms with E-state index >= 15 is 0 Å². The quantitative estimate of drug-likeness (QED) is 0.773. The third-order valence-electron chi connectivity index (χ3n) is 5.22. The lowest BCUT2D eigenvalue weighted by molar-refractivity contribution is -0.141. The molecule has 1 heterocycles. The molecule has 0 bridgehead atoms. The topological polar surface area (TPSA) is 49.9 Å². The molecule has 0 unspecified atom stereocenters. The molecule has 0 saturated carbocycles. The minimum Gasteiger partial charge on any atom is -0.484 e. The molecule has 0 N–H and O–H groups in total. The SMILES string of the molecule is Cc1ccc(OCC(=O)N2CCC(C(=O)N(C)Cc3ccccc3)CC2)cc1. The summed E-state index contributed by atoms with van der Waals surface area (Å²) in [4.78, 5) is 28.7. The van der Waals surface area contributed by atoms with E-state index in [9.17, 15) is 9.59 Å². The molecule has 2 aromatic rings. The zero-order valence-corrected chi connectivity index (χ0v) is 16.6. The molecule has 0 spiro atoms. The molecule has 148 valence electrons. The van der Waals surface area contributed by atoms with Gasteiger partial charge in [-0.1, -0.05) is 48.0 Å². The van der Waals surface area contributed by atoms with E-state index in [0.717, 1.165) is 11.1 Å². The Bertz CT molecular complexity index is 781. The Kier molecular flexibility index (Phi) is 6.69. The van der Waals surface area contributed by atoms with Gasteiger partial charge in [-0.3, -0.25) is 9.59 Å². The summed E-state index contributed by atoms with van der Waals surface area (Å²) in [5.41, 5.74) is 2.28. The Morgan fingerprint density at radius 1 is 1.04 bits per heavy atom. The van der Waals surface area contributed by atoms with Crippen LogP contribution < -0.4 is 4.74 Å². The number of hydrogen-bond acceptors (Lipinski definition) is 3. The molecular formula is C23H28N2O3. The van der Waals surface area contributed by atoms with Crippen LogP contribution in [0.1, 0.15) is 24.0 Å². The number of likely N-dealkylation sites (tertiary alicyclic amines) is 1. The number of ether oxygens (including phenoxy) is 1. The van der Waals surface area contributed by atoms with Crippen LogP contribution in [0.3, 0.4) is 0 Å². The third-order valence-corrected chi connectivity index (χ3v) is 5.22. The van der Waals surface area contributed by atoms with Crippen LogP contribution in [0.5, 0.6) is 5.75 Å². The van der Waals surface area contributed by atoms with Crippen LogP contribution in [0.4, 0.5) is 0 Å². The van der Waals surface area contributed by atoms with Crippen molar-refractivity contribution in [2.45, 2.75) is 26.3 Å². The first kappa shape index (κ1) is 19.9. The Hall–Kier alpha value is -2.82. The number of amides is 2. The highest BCUT2D eigenvalue weighted by molar-refractivity contribution is 5.80. The van der Waals surface area contributed by atoms with Gasteiger partial charge in [0.1, 0.15) is 5.75 Å². The molecule has 5 nitrogen and oxygen atoms in total. The van der Waals surface area contributed by atoms with E-state index in [1.54, 1.807) is 9.80 Å².